The summed E-state index contributed by atoms with van der Waals surface area (Å²) in [7, 11) is 0. The zero-order chi connectivity index (χ0) is 15.2. The van der Waals surface area contributed by atoms with Gasteiger partial charge in [0.2, 0.25) is 5.91 Å². The Labute approximate surface area is 130 Å². The molecule has 0 bridgehead atoms. The average molecular weight is 299 g/mol. The first kappa shape index (κ1) is 14.8. The molecule has 1 fully saturated rings. The zero-order valence-corrected chi connectivity index (χ0v) is 12.6. The number of amides is 1. The summed E-state index contributed by atoms with van der Waals surface area (Å²) in [5.74, 6) is 0.135. The van der Waals surface area contributed by atoms with Crippen LogP contribution in [0.3, 0.4) is 0 Å². The number of hydrogen-bond donors (Lipinski definition) is 1. The molecule has 1 unspecified atom stereocenters. The lowest BCUT2D eigenvalue weighted by molar-refractivity contribution is -0.132. The van der Waals surface area contributed by atoms with Gasteiger partial charge in [-0.15, -0.1) is 0 Å². The average Bonchev–Trinajstić information content (AvgIpc) is 3.22. The third-order valence-corrected chi connectivity index (χ3v) is 4.05. The van der Waals surface area contributed by atoms with Crippen molar-refractivity contribution in [2.45, 2.75) is 25.3 Å². The van der Waals surface area contributed by atoms with E-state index < -0.39 is 0 Å². The number of aromatic amines is 1. The van der Waals surface area contributed by atoms with Crippen LogP contribution in [0, 0.1) is 0 Å². The molecule has 5 nitrogen and oxygen atoms in total. The lowest BCUT2D eigenvalue weighted by atomic mass is 10.1. The Morgan fingerprint density at radius 2 is 2.18 bits per heavy atom. The maximum absolute atomic E-state index is 12.6. The van der Waals surface area contributed by atoms with Crippen molar-refractivity contribution >= 4 is 5.91 Å². The summed E-state index contributed by atoms with van der Waals surface area (Å²) in [5.41, 5.74) is 2.11. The molecule has 1 aliphatic rings. The summed E-state index contributed by atoms with van der Waals surface area (Å²) in [4.78, 5) is 14.6. The Hall–Kier alpha value is -2.14. The minimum atomic E-state index is 0.135. The summed E-state index contributed by atoms with van der Waals surface area (Å²) in [6.07, 6.45) is 3.83. The van der Waals surface area contributed by atoms with E-state index in [9.17, 15) is 4.79 Å². The van der Waals surface area contributed by atoms with Crippen LogP contribution in [-0.2, 0) is 22.4 Å². The molecule has 22 heavy (non-hydrogen) atoms. The normalized spacial score (nSPS) is 17.5. The first-order valence-electron chi connectivity index (χ1n) is 7.72. The molecule has 0 aliphatic carbocycles. The van der Waals surface area contributed by atoms with Gasteiger partial charge in [0.05, 0.1) is 19.1 Å². The topological polar surface area (TPSA) is 58.2 Å². The van der Waals surface area contributed by atoms with Crippen molar-refractivity contribution in [3.05, 3.63) is 53.9 Å². The molecule has 0 saturated carbocycles. The summed E-state index contributed by atoms with van der Waals surface area (Å²) >= 11 is 0. The van der Waals surface area contributed by atoms with E-state index in [1.165, 1.54) is 5.56 Å². The highest BCUT2D eigenvalue weighted by molar-refractivity contribution is 5.78. The number of aromatic nitrogens is 2. The highest BCUT2D eigenvalue weighted by Crippen LogP contribution is 2.15. The molecule has 1 N–H and O–H groups in total. The highest BCUT2D eigenvalue weighted by Gasteiger charge is 2.27. The Morgan fingerprint density at radius 1 is 1.32 bits per heavy atom. The van der Waals surface area contributed by atoms with E-state index in [1.807, 2.05) is 29.2 Å². The fourth-order valence-electron chi connectivity index (χ4n) is 2.82. The van der Waals surface area contributed by atoms with Gasteiger partial charge in [0.1, 0.15) is 0 Å². The second kappa shape index (κ2) is 7.22. The van der Waals surface area contributed by atoms with E-state index in [4.69, 9.17) is 4.74 Å². The number of benzene rings is 1. The van der Waals surface area contributed by atoms with Crippen LogP contribution in [0.1, 0.15) is 17.7 Å². The number of hydrogen-bond acceptors (Lipinski definition) is 3. The van der Waals surface area contributed by atoms with Crippen molar-refractivity contribution < 1.29 is 9.53 Å². The predicted octanol–water partition coefficient (Wildman–Crippen LogP) is 1.81. The maximum atomic E-state index is 12.6. The molecule has 5 heteroatoms. The van der Waals surface area contributed by atoms with E-state index >= 15 is 0 Å². The van der Waals surface area contributed by atoms with Gasteiger partial charge >= 0.3 is 0 Å². The van der Waals surface area contributed by atoms with Crippen molar-refractivity contribution in [1.82, 2.24) is 15.1 Å². The Balaban J connectivity index is 1.65. The van der Waals surface area contributed by atoms with Gasteiger partial charge in [-0.2, -0.15) is 5.10 Å². The van der Waals surface area contributed by atoms with Crippen molar-refractivity contribution in [2.75, 3.05) is 19.8 Å². The van der Waals surface area contributed by atoms with Gasteiger partial charge in [-0.05, 0) is 24.5 Å². The zero-order valence-electron chi connectivity index (χ0n) is 12.6. The molecule has 0 spiro atoms. The number of nitrogens with one attached hydrogen (secondary N) is 1. The molecule has 3 rings (SSSR count). The van der Waals surface area contributed by atoms with Gasteiger partial charge in [0.15, 0.2) is 0 Å². The summed E-state index contributed by atoms with van der Waals surface area (Å²) in [6, 6.07) is 12.3. The molecule has 1 saturated heterocycles. The molecule has 0 radical (unpaired) electrons. The Kier molecular flexibility index (Phi) is 4.85. The maximum Gasteiger partial charge on any atom is 0.228 e. The monoisotopic (exact) mass is 299 g/mol. The van der Waals surface area contributed by atoms with Gasteiger partial charge in [0, 0.05) is 25.0 Å². The standard InChI is InChI=1S/C17H21N3O2/c21-17(12-15-6-9-18-19-15)20(16-8-11-22-13-16)10-7-14-4-2-1-3-5-14/h1-6,9,16H,7-8,10-13H2,(H,18,19). The molecule has 1 aromatic carbocycles. The molecule has 1 atom stereocenters. The number of carbonyl (C=O) groups is 1. The number of ether oxygens (including phenoxy) is 1. The van der Waals surface area contributed by atoms with Crippen LogP contribution in [0.5, 0.6) is 0 Å². The highest BCUT2D eigenvalue weighted by atomic mass is 16.5. The number of carbonyl (C=O) groups excluding carboxylic acids is 1. The minimum Gasteiger partial charge on any atom is -0.379 e. The van der Waals surface area contributed by atoms with Gasteiger partial charge < -0.3 is 9.64 Å². The second-order valence-electron chi connectivity index (χ2n) is 5.60. The van der Waals surface area contributed by atoms with E-state index in [-0.39, 0.29) is 11.9 Å². The summed E-state index contributed by atoms with van der Waals surface area (Å²) < 4.78 is 5.46. The quantitative estimate of drug-likeness (QED) is 0.885. The number of rotatable bonds is 6. The lowest BCUT2D eigenvalue weighted by Crippen LogP contribution is -2.42. The second-order valence-corrected chi connectivity index (χ2v) is 5.60. The number of H-pyrrole nitrogens is 1. The van der Waals surface area contributed by atoms with E-state index in [0.29, 0.717) is 13.0 Å². The third kappa shape index (κ3) is 3.74. The van der Waals surface area contributed by atoms with Gasteiger partial charge in [-0.3, -0.25) is 9.89 Å². The van der Waals surface area contributed by atoms with Crippen LogP contribution in [0.15, 0.2) is 42.6 Å². The fourth-order valence-corrected chi connectivity index (χ4v) is 2.82. The van der Waals surface area contributed by atoms with Crippen molar-refractivity contribution in [3.63, 3.8) is 0 Å². The van der Waals surface area contributed by atoms with Crippen molar-refractivity contribution in [1.29, 1.82) is 0 Å². The van der Waals surface area contributed by atoms with E-state index in [2.05, 4.69) is 22.3 Å². The van der Waals surface area contributed by atoms with Gasteiger partial charge in [-0.1, -0.05) is 30.3 Å². The Morgan fingerprint density at radius 3 is 2.86 bits per heavy atom. The molecule has 2 heterocycles. The number of nitrogens with zero attached hydrogens (tertiary/aromatic N) is 2. The van der Waals surface area contributed by atoms with Crippen LogP contribution >= 0.6 is 0 Å². The molecule has 116 valence electrons. The molecule has 1 amide bonds. The van der Waals surface area contributed by atoms with Crippen molar-refractivity contribution in [3.8, 4) is 0 Å². The largest absolute Gasteiger partial charge is 0.379 e. The first-order chi connectivity index (χ1) is 10.8. The molecule has 1 aromatic heterocycles. The summed E-state index contributed by atoms with van der Waals surface area (Å²) in [6.45, 7) is 2.11. The smallest absolute Gasteiger partial charge is 0.228 e. The van der Waals surface area contributed by atoms with Crippen LogP contribution in [0.2, 0.25) is 0 Å². The lowest BCUT2D eigenvalue weighted by Gasteiger charge is -2.28. The summed E-state index contributed by atoms with van der Waals surface area (Å²) in [5, 5.41) is 6.76. The van der Waals surface area contributed by atoms with Crippen molar-refractivity contribution in [2.24, 2.45) is 0 Å². The molecule has 2 aromatic rings. The van der Waals surface area contributed by atoms with Crippen LogP contribution in [0.4, 0.5) is 0 Å². The minimum absolute atomic E-state index is 0.135. The van der Waals surface area contributed by atoms with E-state index in [0.717, 1.165) is 31.7 Å². The predicted molar refractivity (Wildman–Crippen MR) is 83.4 cm³/mol. The van der Waals surface area contributed by atoms with Gasteiger partial charge in [-0.25, -0.2) is 0 Å². The third-order valence-electron chi connectivity index (χ3n) is 4.05. The fraction of sp³-hybridized carbons (Fsp3) is 0.412. The Bertz CT molecular complexity index is 577. The molecular weight excluding hydrogens is 278 g/mol. The van der Waals surface area contributed by atoms with Crippen LogP contribution in [0.25, 0.3) is 0 Å². The van der Waals surface area contributed by atoms with Gasteiger partial charge in [0.25, 0.3) is 0 Å². The molecular formula is C17H21N3O2. The SMILES string of the molecule is O=C(Cc1ccn[nH]1)N(CCc1ccccc1)C1CCOC1. The first-order valence-corrected chi connectivity index (χ1v) is 7.72. The van der Waals surface area contributed by atoms with Crippen LogP contribution in [-0.4, -0.2) is 46.8 Å². The van der Waals surface area contributed by atoms with Crippen LogP contribution < -0.4 is 0 Å². The molecule has 1 aliphatic heterocycles. The van der Waals surface area contributed by atoms with E-state index in [1.54, 1.807) is 6.20 Å².